The third-order valence-electron chi connectivity index (χ3n) is 4.10. The maximum absolute atomic E-state index is 12.6. The third kappa shape index (κ3) is 4.97. The number of hydrogen-bond acceptors (Lipinski definition) is 3. The summed E-state index contributed by atoms with van der Waals surface area (Å²) in [5, 5.41) is 5.32. The van der Waals surface area contributed by atoms with Gasteiger partial charge in [-0.15, -0.1) is 0 Å². The van der Waals surface area contributed by atoms with Gasteiger partial charge in [-0.25, -0.2) is 4.79 Å². The Morgan fingerprint density at radius 3 is 2.62 bits per heavy atom. The number of nitrogens with one attached hydrogen (secondary N) is 2. The minimum Gasteiger partial charge on any atom is -0.370 e. The molecule has 1 saturated heterocycles. The molecular weight excluding hydrogens is 308 g/mol. The van der Waals surface area contributed by atoms with Crippen LogP contribution in [0.3, 0.4) is 0 Å². The first kappa shape index (κ1) is 17.8. The van der Waals surface area contributed by atoms with E-state index in [1.807, 2.05) is 18.2 Å². The highest BCUT2D eigenvalue weighted by Gasteiger charge is 2.31. The van der Waals surface area contributed by atoms with E-state index in [1.54, 1.807) is 24.0 Å². The summed E-state index contributed by atoms with van der Waals surface area (Å²) in [5.74, 6) is -0.605. The van der Waals surface area contributed by atoms with E-state index in [9.17, 15) is 14.4 Å². The van der Waals surface area contributed by atoms with Crippen LogP contribution >= 0.6 is 0 Å². The van der Waals surface area contributed by atoms with Crippen molar-refractivity contribution < 1.29 is 14.4 Å². The van der Waals surface area contributed by atoms with Crippen molar-refractivity contribution in [2.24, 2.45) is 5.73 Å². The predicted molar refractivity (Wildman–Crippen MR) is 91.2 cm³/mol. The first-order valence-corrected chi connectivity index (χ1v) is 8.18. The number of para-hydroxylation sites is 1. The van der Waals surface area contributed by atoms with Gasteiger partial charge in [0.05, 0.1) is 0 Å². The van der Waals surface area contributed by atoms with Crippen LogP contribution < -0.4 is 16.4 Å². The fourth-order valence-corrected chi connectivity index (χ4v) is 2.93. The van der Waals surface area contributed by atoms with E-state index in [0.29, 0.717) is 12.2 Å². The second-order valence-corrected chi connectivity index (χ2v) is 6.04. The molecule has 7 heteroatoms. The van der Waals surface area contributed by atoms with Crippen molar-refractivity contribution in [3.05, 3.63) is 30.3 Å². The number of hydrogen-bond donors (Lipinski definition) is 3. The van der Waals surface area contributed by atoms with Crippen molar-refractivity contribution in [2.45, 2.75) is 44.7 Å². The summed E-state index contributed by atoms with van der Waals surface area (Å²) in [6.07, 6.45) is 2.79. The van der Waals surface area contributed by atoms with Gasteiger partial charge in [-0.1, -0.05) is 18.2 Å². The van der Waals surface area contributed by atoms with Gasteiger partial charge in [0.2, 0.25) is 11.8 Å². The number of likely N-dealkylation sites (tertiary alicyclic amines) is 1. The molecule has 24 heavy (non-hydrogen) atoms. The Balaban J connectivity index is 1.92. The van der Waals surface area contributed by atoms with E-state index >= 15 is 0 Å². The van der Waals surface area contributed by atoms with Crippen molar-refractivity contribution in [3.63, 3.8) is 0 Å². The third-order valence-corrected chi connectivity index (χ3v) is 4.10. The number of nitrogens with two attached hydrogens (primary N) is 1. The lowest BCUT2D eigenvalue weighted by Gasteiger charge is -2.36. The molecule has 0 aromatic heterocycles. The molecule has 4 N–H and O–H groups in total. The second kappa shape index (κ2) is 8.33. The van der Waals surface area contributed by atoms with Crippen LogP contribution in [0.15, 0.2) is 30.3 Å². The quantitative estimate of drug-likeness (QED) is 0.760. The van der Waals surface area contributed by atoms with Gasteiger partial charge in [0.1, 0.15) is 6.04 Å². The van der Waals surface area contributed by atoms with Gasteiger partial charge in [-0.2, -0.15) is 0 Å². The lowest BCUT2D eigenvalue weighted by Crippen LogP contribution is -2.53. The van der Waals surface area contributed by atoms with Crippen LogP contribution in [0.5, 0.6) is 0 Å². The van der Waals surface area contributed by atoms with E-state index in [4.69, 9.17) is 5.73 Å². The lowest BCUT2D eigenvalue weighted by molar-refractivity contribution is -0.137. The molecule has 0 saturated carbocycles. The Bertz CT molecular complexity index is 591. The zero-order valence-electron chi connectivity index (χ0n) is 13.8. The summed E-state index contributed by atoms with van der Waals surface area (Å²) >= 11 is 0. The average molecular weight is 332 g/mol. The Kier molecular flexibility index (Phi) is 6.17. The first-order chi connectivity index (χ1) is 11.5. The average Bonchev–Trinajstić information content (AvgIpc) is 2.55. The van der Waals surface area contributed by atoms with Crippen LogP contribution in [-0.2, 0) is 9.59 Å². The molecule has 7 nitrogen and oxygen atoms in total. The number of benzene rings is 1. The fraction of sp³-hybridized carbons (Fsp3) is 0.471. The van der Waals surface area contributed by atoms with Crippen molar-refractivity contribution in [1.29, 1.82) is 0 Å². The van der Waals surface area contributed by atoms with Gasteiger partial charge in [0.25, 0.3) is 0 Å². The molecular formula is C17H24N4O3. The molecule has 130 valence electrons. The monoisotopic (exact) mass is 332 g/mol. The van der Waals surface area contributed by atoms with Gasteiger partial charge in [-0.3, -0.25) is 9.59 Å². The number of primary amides is 1. The molecule has 2 rings (SSSR count). The molecule has 1 aromatic rings. The van der Waals surface area contributed by atoms with E-state index in [-0.39, 0.29) is 18.4 Å². The lowest BCUT2D eigenvalue weighted by atomic mass is 9.98. The standard InChI is InChI=1S/C17H24N4O3/c1-12(19-17(24)20-13-7-3-2-4-8-13)16(23)21-10-6-5-9-14(21)11-15(18)22/h2-4,7-8,12,14H,5-6,9-11H2,1H3,(H2,18,22)(H2,19,20,24)/t12-,14+/m0/s1. The molecule has 0 aliphatic carbocycles. The summed E-state index contributed by atoms with van der Waals surface area (Å²) in [4.78, 5) is 37.5. The van der Waals surface area contributed by atoms with Gasteiger partial charge >= 0.3 is 6.03 Å². The number of carbonyl (C=O) groups excluding carboxylic acids is 3. The second-order valence-electron chi connectivity index (χ2n) is 6.04. The van der Waals surface area contributed by atoms with Crippen LogP contribution in [0.25, 0.3) is 0 Å². The summed E-state index contributed by atoms with van der Waals surface area (Å²) in [6, 6.07) is 7.71. The van der Waals surface area contributed by atoms with Crippen LogP contribution in [0, 0.1) is 0 Å². The normalized spacial score (nSPS) is 18.5. The maximum Gasteiger partial charge on any atom is 0.319 e. The van der Waals surface area contributed by atoms with Gasteiger partial charge in [0.15, 0.2) is 0 Å². The van der Waals surface area contributed by atoms with Crippen molar-refractivity contribution in [2.75, 3.05) is 11.9 Å². The fourth-order valence-electron chi connectivity index (χ4n) is 2.93. The van der Waals surface area contributed by atoms with Gasteiger partial charge in [-0.05, 0) is 38.3 Å². The molecule has 2 atom stereocenters. The van der Waals surface area contributed by atoms with Crippen LogP contribution in [-0.4, -0.2) is 41.4 Å². The highest BCUT2D eigenvalue weighted by atomic mass is 16.2. The molecule has 4 amide bonds. The Labute approximate surface area is 141 Å². The Morgan fingerprint density at radius 1 is 1.25 bits per heavy atom. The zero-order chi connectivity index (χ0) is 17.5. The SMILES string of the molecule is C[C@H](NC(=O)Nc1ccccc1)C(=O)N1CCCC[C@@H]1CC(N)=O. The van der Waals surface area contributed by atoms with Crippen molar-refractivity contribution in [1.82, 2.24) is 10.2 Å². The summed E-state index contributed by atoms with van der Waals surface area (Å²) in [5.41, 5.74) is 5.92. The molecule has 1 fully saturated rings. The summed E-state index contributed by atoms with van der Waals surface area (Å²) < 4.78 is 0. The zero-order valence-corrected chi connectivity index (χ0v) is 13.8. The number of nitrogens with zero attached hydrogens (tertiary/aromatic N) is 1. The molecule has 1 heterocycles. The first-order valence-electron chi connectivity index (χ1n) is 8.18. The van der Waals surface area contributed by atoms with E-state index < -0.39 is 18.0 Å². The highest BCUT2D eigenvalue weighted by molar-refractivity contribution is 5.93. The molecule has 0 unspecified atom stereocenters. The van der Waals surface area contributed by atoms with E-state index in [2.05, 4.69) is 10.6 Å². The number of anilines is 1. The smallest absolute Gasteiger partial charge is 0.319 e. The van der Waals surface area contributed by atoms with Gasteiger partial charge in [0, 0.05) is 24.7 Å². The largest absolute Gasteiger partial charge is 0.370 e. The molecule has 0 spiro atoms. The Hall–Kier alpha value is -2.57. The van der Waals surface area contributed by atoms with Gasteiger partial charge < -0.3 is 21.3 Å². The minimum absolute atomic E-state index is 0.161. The summed E-state index contributed by atoms with van der Waals surface area (Å²) in [7, 11) is 0. The van der Waals surface area contributed by atoms with Crippen molar-refractivity contribution >= 4 is 23.5 Å². The molecule has 1 aliphatic rings. The highest BCUT2D eigenvalue weighted by Crippen LogP contribution is 2.20. The van der Waals surface area contributed by atoms with Crippen LogP contribution in [0.4, 0.5) is 10.5 Å². The number of amides is 4. The summed E-state index contributed by atoms with van der Waals surface area (Å²) in [6.45, 7) is 2.23. The molecule has 1 aromatic carbocycles. The van der Waals surface area contributed by atoms with E-state index in [0.717, 1.165) is 19.3 Å². The number of urea groups is 1. The number of piperidine rings is 1. The molecule has 0 radical (unpaired) electrons. The number of rotatable bonds is 5. The topological polar surface area (TPSA) is 105 Å². The Morgan fingerprint density at radius 2 is 1.96 bits per heavy atom. The van der Waals surface area contributed by atoms with Crippen LogP contribution in [0.2, 0.25) is 0 Å². The minimum atomic E-state index is -0.679. The van der Waals surface area contributed by atoms with Crippen LogP contribution in [0.1, 0.15) is 32.6 Å². The number of carbonyl (C=O) groups is 3. The predicted octanol–water partition coefficient (Wildman–Crippen LogP) is 1.45. The maximum atomic E-state index is 12.6. The van der Waals surface area contributed by atoms with E-state index in [1.165, 1.54) is 0 Å². The van der Waals surface area contributed by atoms with Crippen molar-refractivity contribution in [3.8, 4) is 0 Å². The molecule has 1 aliphatic heterocycles. The molecule has 0 bridgehead atoms.